The van der Waals surface area contributed by atoms with Crippen LogP contribution >= 0.6 is 0 Å². The van der Waals surface area contributed by atoms with Gasteiger partial charge in [0.1, 0.15) is 0 Å². The van der Waals surface area contributed by atoms with Gasteiger partial charge in [0.25, 0.3) is 0 Å². The third-order valence-corrected chi connectivity index (χ3v) is 5.86. The Labute approximate surface area is 160 Å². The van der Waals surface area contributed by atoms with E-state index in [1.165, 1.54) is 45.0 Å². The van der Waals surface area contributed by atoms with Gasteiger partial charge in [-0.15, -0.1) is 0 Å². The normalized spacial score (nSPS) is 14.9. The zero-order chi connectivity index (χ0) is 18.3. The van der Waals surface area contributed by atoms with Gasteiger partial charge < -0.3 is 0 Å². The van der Waals surface area contributed by atoms with Crippen molar-refractivity contribution in [3.8, 4) is 0 Å². The van der Waals surface area contributed by atoms with Crippen molar-refractivity contribution in [2.75, 3.05) is 4.81 Å². The standard InChI is InChI=1S/C21H25BN2Se/c1-14-9-7-10-15(2)20(14)23-18(5)13-19(6)24(22(23)25)21-16(3)11-8-12-17(21)4/h7-13H,1-6H3. The summed E-state index contributed by atoms with van der Waals surface area (Å²) in [6, 6.07) is 13.0. The van der Waals surface area contributed by atoms with Crippen molar-refractivity contribution in [2.24, 2.45) is 0 Å². The number of hydrogen-bond donors (Lipinski definition) is 0. The number of anilines is 1. The second kappa shape index (κ2) is 6.86. The maximum atomic E-state index is 3.44. The van der Waals surface area contributed by atoms with E-state index in [0.717, 1.165) is 0 Å². The Bertz CT molecular complexity index is 858. The third kappa shape index (κ3) is 3.09. The van der Waals surface area contributed by atoms with E-state index in [1.54, 1.807) is 0 Å². The first-order chi connectivity index (χ1) is 11.8. The van der Waals surface area contributed by atoms with Gasteiger partial charge in [0.05, 0.1) is 0 Å². The Morgan fingerprint density at radius 1 is 0.800 bits per heavy atom. The summed E-state index contributed by atoms with van der Waals surface area (Å²) in [5.41, 5.74) is 10.3. The molecule has 0 aromatic heterocycles. The molecule has 2 aromatic rings. The molecule has 0 unspecified atom stereocenters. The molecule has 0 saturated carbocycles. The summed E-state index contributed by atoms with van der Waals surface area (Å²) >= 11 is 3.44. The molecule has 4 heteroatoms. The Balaban J connectivity index is 2.21. The first-order valence-electron chi connectivity index (χ1n) is 8.71. The molecule has 0 fully saturated rings. The molecule has 0 radical (unpaired) electrons. The predicted molar refractivity (Wildman–Crippen MR) is 110 cm³/mol. The zero-order valence-electron chi connectivity index (χ0n) is 15.9. The van der Waals surface area contributed by atoms with Crippen LogP contribution in [-0.4, -0.2) is 31.8 Å². The van der Waals surface area contributed by atoms with Gasteiger partial charge in [0.2, 0.25) is 0 Å². The molecule has 1 aliphatic rings. The van der Waals surface area contributed by atoms with Crippen LogP contribution in [0, 0.1) is 27.7 Å². The number of aryl methyl sites for hydroxylation is 4. The van der Waals surface area contributed by atoms with Gasteiger partial charge in [-0.1, -0.05) is 0 Å². The second-order valence-electron chi connectivity index (χ2n) is 6.97. The van der Waals surface area contributed by atoms with Gasteiger partial charge >= 0.3 is 160 Å². The van der Waals surface area contributed by atoms with Gasteiger partial charge in [-0.2, -0.15) is 0 Å². The Kier molecular flexibility index (Phi) is 4.95. The summed E-state index contributed by atoms with van der Waals surface area (Å²) in [5, 5.41) is 0. The van der Waals surface area contributed by atoms with Crippen LogP contribution in [0.2, 0.25) is 0 Å². The quantitative estimate of drug-likeness (QED) is 0.674. The first-order valence-corrected chi connectivity index (χ1v) is 9.70. The minimum atomic E-state index is 0.101. The summed E-state index contributed by atoms with van der Waals surface area (Å²) in [5.74, 6) is 0.101. The van der Waals surface area contributed by atoms with Crippen molar-refractivity contribution in [3.05, 3.63) is 70.4 Å². The van der Waals surface area contributed by atoms with Crippen molar-refractivity contribution in [1.82, 2.24) is 0 Å². The molecule has 2 aromatic carbocycles. The second-order valence-corrected chi connectivity index (χ2v) is 7.86. The SMILES string of the molecule is CC1=CC(C)=[N+](c2c(C)cccc2C)B([Se-])N1c1c(C)cccc1C. The molecule has 0 atom stereocenters. The number of hydrogen-bond acceptors (Lipinski definition) is 1. The molecule has 128 valence electrons. The van der Waals surface area contributed by atoms with Crippen LogP contribution in [0.3, 0.4) is 0 Å². The van der Waals surface area contributed by atoms with Crippen LogP contribution < -0.4 is 4.81 Å². The van der Waals surface area contributed by atoms with E-state index in [9.17, 15) is 0 Å². The molecule has 0 saturated heterocycles. The molecule has 0 N–H and O–H groups in total. The Morgan fingerprint density at radius 2 is 1.28 bits per heavy atom. The fourth-order valence-corrected chi connectivity index (χ4v) is 4.99. The molecule has 3 rings (SSSR count). The summed E-state index contributed by atoms with van der Waals surface area (Å²) in [4.78, 5) is 2.42. The molecule has 0 aliphatic carbocycles. The van der Waals surface area contributed by atoms with Crippen molar-refractivity contribution in [2.45, 2.75) is 41.5 Å². The average molecular weight is 395 g/mol. The number of rotatable bonds is 2. The molecule has 1 heterocycles. The van der Waals surface area contributed by atoms with Crippen LogP contribution in [0.15, 0.2) is 48.2 Å². The summed E-state index contributed by atoms with van der Waals surface area (Å²) in [6.07, 6.45) is 2.28. The van der Waals surface area contributed by atoms with E-state index in [4.69, 9.17) is 0 Å². The molecule has 2 nitrogen and oxygen atoms in total. The Morgan fingerprint density at radius 3 is 1.80 bits per heavy atom. The predicted octanol–water partition coefficient (Wildman–Crippen LogP) is 4.60. The van der Waals surface area contributed by atoms with E-state index in [-0.39, 0.29) is 5.80 Å². The van der Waals surface area contributed by atoms with Gasteiger partial charge in [-0.3, -0.25) is 0 Å². The van der Waals surface area contributed by atoms with Crippen LogP contribution in [0.25, 0.3) is 0 Å². The van der Waals surface area contributed by atoms with E-state index in [0.29, 0.717) is 0 Å². The first kappa shape index (κ1) is 18.0. The molecule has 0 amide bonds. The van der Waals surface area contributed by atoms with Crippen LogP contribution in [0.5, 0.6) is 0 Å². The van der Waals surface area contributed by atoms with Crippen molar-refractivity contribution in [1.29, 1.82) is 0 Å². The van der Waals surface area contributed by atoms with E-state index in [1.807, 2.05) is 0 Å². The van der Waals surface area contributed by atoms with Crippen LogP contribution in [-0.2, 0) is 0 Å². The number of nitrogens with zero attached hydrogens (tertiary/aromatic N) is 2. The van der Waals surface area contributed by atoms with E-state index in [2.05, 4.69) is 109 Å². The summed E-state index contributed by atoms with van der Waals surface area (Å²) in [7, 11) is 0. The fraction of sp³-hybridized carbons (Fsp3) is 0.286. The van der Waals surface area contributed by atoms with Crippen LogP contribution in [0.4, 0.5) is 11.4 Å². The topological polar surface area (TPSA) is 6.25 Å². The summed E-state index contributed by atoms with van der Waals surface area (Å²) < 4.78 is 2.42. The van der Waals surface area contributed by atoms with Gasteiger partial charge in [0, 0.05) is 0 Å². The fourth-order valence-electron chi connectivity index (χ4n) is 3.85. The van der Waals surface area contributed by atoms with Gasteiger partial charge in [0.15, 0.2) is 0 Å². The maximum absolute atomic E-state index is 3.44. The van der Waals surface area contributed by atoms with Gasteiger partial charge in [-0.25, -0.2) is 0 Å². The molecular weight excluding hydrogens is 370 g/mol. The van der Waals surface area contributed by atoms with Crippen molar-refractivity contribution in [3.63, 3.8) is 0 Å². The Hall–Kier alpha value is -1.77. The van der Waals surface area contributed by atoms with E-state index < -0.39 is 0 Å². The number of benzene rings is 2. The van der Waals surface area contributed by atoms with Crippen molar-refractivity contribution >= 4 is 38.7 Å². The molecule has 25 heavy (non-hydrogen) atoms. The number of allylic oxidation sites excluding steroid dienone is 2. The molecule has 1 aliphatic heterocycles. The minimum absolute atomic E-state index is 0.101. The summed E-state index contributed by atoms with van der Waals surface area (Å²) in [6.45, 7) is 13.2. The van der Waals surface area contributed by atoms with E-state index >= 15 is 0 Å². The van der Waals surface area contributed by atoms with Gasteiger partial charge in [-0.05, 0) is 0 Å². The van der Waals surface area contributed by atoms with Crippen LogP contribution in [0.1, 0.15) is 36.1 Å². The molecule has 0 bridgehead atoms. The van der Waals surface area contributed by atoms with Crippen molar-refractivity contribution < 1.29 is 4.49 Å². The molecular formula is C21H25BN2Se. The zero-order valence-corrected chi connectivity index (χ0v) is 17.6. The molecule has 0 spiro atoms. The number of para-hydroxylation sites is 2. The monoisotopic (exact) mass is 396 g/mol. The average Bonchev–Trinajstić information content (AvgIpc) is 2.52. The third-order valence-electron chi connectivity index (χ3n) is 4.98.